The molecule has 0 saturated carbocycles. The highest BCUT2D eigenvalue weighted by molar-refractivity contribution is 6.01. The van der Waals surface area contributed by atoms with Crippen LogP contribution in [0.3, 0.4) is 0 Å². The van der Waals surface area contributed by atoms with Gasteiger partial charge in [0, 0.05) is 17.8 Å². The van der Waals surface area contributed by atoms with Crippen molar-refractivity contribution in [2.24, 2.45) is 0 Å². The van der Waals surface area contributed by atoms with Gasteiger partial charge in [-0.25, -0.2) is 0 Å². The predicted molar refractivity (Wildman–Crippen MR) is 103 cm³/mol. The lowest BCUT2D eigenvalue weighted by atomic mass is 10.1. The second-order valence-corrected chi connectivity index (χ2v) is 6.33. The summed E-state index contributed by atoms with van der Waals surface area (Å²) in [4.78, 5) is 27.2. The Bertz CT molecular complexity index is 787. The summed E-state index contributed by atoms with van der Waals surface area (Å²) in [6.45, 7) is 3.06. The number of hydrogen-bond acceptors (Lipinski definition) is 4. The van der Waals surface area contributed by atoms with Crippen LogP contribution in [-0.2, 0) is 4.79 Å². The first-order chi connectivity index (χ1) is 13.1. The van der Waals surface area contributed by atoms with Crippen LogP contribution in [0.1, 0.15) is 30.1 Å². The molecule has 1 saturated heterocycles. The second-order valence-electron chi connectivity index (χ2n) is 6.33. The van der Waals surface area contributed by atoms with E-state index in [-0.39, 0.29) is 11.8 Å². The quantitative estimate of drug-likeness (QED) is 0.849. The summed E-state index contributed by atoms with van der Waals surface area (Å²) in [7, 11) is 1.59. The Morgan fingerprint density at radius 1 is 1.07 bits per heavy atom. The van der Waals surface area contributed by atoms with E-state index in [2.05, 4.69) is 5.32 Å². The third-order valence-electron chi connectivity index (χ3n) is 4.59. The van der Waals surface area contributed by atoms with Crippen LogP contribution >= 0.6 is 0 Å². The normalized spacial score (nSPS) is 16.1. The molecule has 6 nitrogen and oxygen atoms in total. The number of amides is 2. The molecule has 6 heteroatoms. The molecule has 0 bridgehead atoms. The molecule has 1 fully saturated rings. The summed E-state index contributed by atoms with van der Waals surface area (Å²) >= 11 is 0. The maximum atomic E-state index is 12.9. The minimum absolute atomic E-state index is 0.134. The smallest absolute Gasteiger partial charge is 0.254 e. The van der Waals surface area contributed by atoms with Gasteiger partial charge in [0.1, 0.15) is 17.5 Å². The molecule has 1 aliphatic heterocycles. The van der Waals surface area contributed by atoms with E-state index in [0.717, 1.165) is 17.9 Å². The molecule has 2 aromatic rings. The number of ether oxygens (including phenoxy) is 2. The van der Waals surface area contributed by atoms with Gasteiger partial charge in [-0.2, -0.15) is 0 Å². The molecular weight excluding hydrogens is 344 g/mol. The number of methoxy groups -OCH3 is 1. The fourth-order valence-electron chi connectivity index (χ4n) is 3.21. The van der Waals surface area contributed by atoms with Crippen LogP contribution in [0.15, 0.2) is 48.5 Å². The summed E-state index contributed by atoms with van der Waals surface area (Å²) < 4.78 is 10.5. The molecular formula is C21H24N2O4. The molecule has 2 aromatic carbocycles. The Morgan fingerprint density at radius 2 is 1.74 bits per heavy atom. The van der Waals surface area contributed by atoms with Crippen molar-refractivity contribution in [2.45, 2.75) is 25.8 Å². The van der Waals surface area contributed by atoms with Gasteiger partial charge in [0.15, 0.2) is 0 Å². The monoisotopic (exact) mass is 368 g/mol. The van der Waals surface area contributed by atoms with Gasteiger partial charge in [-0.15, -0.1) is 0 Å². The van der Waals surface area contributed by atoms with Crippen molar-refractivity contribution in [3.63, 3.8) is 0 Å². The van der Waals surface area contributed by atoms with Gasteiger partial charge in [-0.3, -0.25) is 9.59 Å². The van der Waals surface area contributed by atoms with Crippen LogP contribution in [0.4, 0.5) is 5.69 Å². The average Bonchev–Trinajstić information content (AvgIpc) is 3.19. The number of carbonyl (C=O) groups is 2. The van der Waals surface area contributed by atoms with Crippen LogP contribution in [0.5, 0.6) is 11.5 Å². The lowest BCUT2D eigenvalue weighted by Gasteiger charge is -2.24. The van der Waals surface area contributed by atoms with E-state index in [1.165, 1.54) is 0 Å². The summed E-state index contributed by atoms with van der Waals surface area (Å²) in [6, 6.07) is 13.7. The van der Waals surface area contributed by atoms with E-state index in [0.29, 0.717) is 30.8 Å². The fourth-order valence-corrected chi connectivity index (χ4v) is 3.21. The van der Waals surface area contributed by atoms with Gasteiger partial charge in [-0.1, -0.05) is 0 Å². The number of hydrogen-bond donors (Lipinski definition) is 1. The summed E-state index contributed by atoms with van der Waals surface area (Å²) in [5.74, 6) is 1.15. The van der Waals surface area contributed by atoms with Crippen molar-refractivity contribution in [1.82, 2.24) is 4.90 Å². The van der Waals surface area contributed by atoms with Crippen LogP contribution in [0.2, 0.25) is 0 Å². The number of likely N-dealkylation sites (tertiary alicyclic amines) is 1. The molecule has 1 unspecified atom stereocenters. The van der Waals surface area contributed by atoms with E-state index in [1.54, 1.807) is 60.5 Å². The van der Waals surface area contributed by atoms with Crippen molar-refractivity contribution in [2.75, 3.05) is 25.6 Å². The third-order valence-corrected chi connectivity index (χ3v) is 4.59. The van der Waals surface area contributed by atoms with Crippen molar-refractivity contribution in [3.05, 3.63) is 54.1 Å². The summed E-state index contributed by atoms with van der Waals surface area (Å²) in [5.41, 5.74) is 1.24. The lowest BCUT2D eigenvalue weighted by Crippen LogP contribution is -2.43. The number of carbonyl (C=O) groups excluding carboxylic acids is 2. The minimum Gasteiger partial charge on any atom is -0.497 e. The van der Waals surface area contributed by atoms with Crippen molar-refractivity contribution in [3.8, 4) is 11.5 Å². The molecule has 3 rings (SSSR count). The van der Waals surface area contributed by atoms with Gasteiger partial charge in [-0.05, 0) is 68.3 Å². The Balaban J connectivity index is 1.67. The molecule has 0 radical (unpaired) electrons. The number of rotatable bonds is 6. The highest BCUT2D eigenvalue weighted by Crippen LogP contribution is 2.23. The third kappa shape index (κ3) is 4.39. The minimum atomic E-state index is -0.467. The highest BCUT2D eigenvalue weighted by Gasteiger charge is 2.34. The van der Waals surface area contributed by atoms with Crippen molar-refractivity contribution < 1.29 is 19.1 Å². The van der Waals surface area contributed by atoms with Crippen molar-refractivity contribution in [1.29, 1.82) is 0 Å². The summed E-state index contributed by atoms with van der Waals surface area (Å²) in [6.07, 6.45) is 1.47. The van der Waals surface area contributed by atoms with Gasteiger partial charge >= 0.3 is 0 Å². The Morgan fingerprint density at radius 3 is 2.37 bits per heavy atom. The fraction of sp³-hybridized carbons (Fsp3) is 0.333. The SMILES string of the molecule is CCOc1ccc(C(=O)N2CCCC2C(=O)Nc2ccc(OC)cc2)cc1. The first-order valence-corrected chi connectivity index (χ1v) is 9.11. The zero-order valence-corrected chi connectivity index (χ0v) is 15.6. The number of anilines is 1. The second kappa shape index (κ2) is 8.58. The largest absolute Gasteiger partial charge is 0.497 e. The standard InChI is InChI=1S/C21H24N2O4/c1-3-27-18-10-6-15(7-11-18)21(25)23-14-4-5-19(23)20(24)22-16-8-12-17(26-2)13-9-16/h6-13,19H,3-5,14H2,1-2H3,(H,22,24). The molecule has 2 amide bonds. The van der Waals surface area contributed by atoms with Crippen LogP contribution in [0.25, 0.3) is 0 Å². The Labute approximate surface area is 159 Å². The topological polar surface area (TPSA) is 67.9 Å². The first-order valence-electron chi connectivity index (χ1n) is 9.11. The van der Waals surface area contributed by atoms with E-state index < -0.39 is 6.04 Å². The van der Waals surface area contributed by atoms with Crippen molar-refractivity contribution >= 4 is 17.5 Å². The van der Waals surface area contributed by atoms with Crippen LogP contribution < -0.4 is 14.8 Å². The summed E-state index contributed by atoms with van der Waals surface area (Å²) in [5, 5.41) is 2.89. The van der Waals surface area contributed by atoms with Gasteiger partial charge in [0.25, 0.3) is 5.91 Å². The number of nitrogens with one attached hydrogen (secondary N) is 1. The van der Waals surface area contributed by atoms with Gasteiger partial charge < -0.3 is 19.7 Å². The zero-order chi connectivity index (χ0) is 19.2. The number of benzene rings is 2. The van der Waals surface area contributed by atoms with Gasteiger partial charge in [0.05, 0.1) is 13.7 Å². The molecule has 1 aliphatic rings. The zero-order valence-electron chi connectivity index (χ0n) is 15.6. The molecule has 1 atom stereocenters. The van der Waals surface area contributed by atoms with E-state index in [9.17, 15) is 9.59 Å². The Kier molecular flexibility index (Phi) is 5.96. The highest BCUT2D eigenvalue weighted by atomic mass is 16.5. The predicted octanol–water partition coefficient (Wildman–Crippen LogP) is 3.34. The Hall–Kier alpha value is -3.02. The van der Waals surface area contributed by atoms with Crippen LogP contribution in [0, 0.1) is 0 Å². The molecule has 0 spiro atoms. The van der Waals surface area contributed by atoms with Gasteiger partial charge in [0.2, 0.25) is 5.91 Å². The average molecular weight is 368 g/mol. The maximum Gasteiger partial charge on any atom is 0.254 e. The van der Waals surface area contributed by atoms with E-state index >= 15 is 0 Å². The molecule has 0 aliphatic carbocycles. The molecule has 1 heterocycles. The first kappa shape index (κ1) is 18.8. The molecule has 27 heavy (non-hydrogen) atoms. The maximum absolute atomic E-state index is 12.9. The number of nitrogens with zero attached hydrogens (tertiary/aromatic N) is 1. The molecule has 1 N–H and O–H groups in total. The van der Waals surface area contributed by atoms with Crippen LogP contribution in [-0.4, -0.2) is 43.0 Å². The van der Waals surface area contributed by atoms with E-state index in [1.807, 2.05) is 6.92 Å². The molecule has 142 valence electrons. The van der Waals surface area contributed by atoms with E-state index in [4.69, 9.17) is 9.47 Å². The molecule has 0 aromatic heterocycles. The lowest BCUT2D eigenvalue weighted by molar-refractivity contribution is -0.119.